The highest BCUT2D eigenvalue weighted by atomic mass is 32.1. The summed E-state index contributed by atoms with van der Waals surface area (Å²) in [5.74, 6) is 0.506. The summed E-state index contributed by atoms with van der Waals surface area (Å²) in [7, 11) is 0. The van der Waals surface area contributed by atoms with Crippen molar-refractivity contribution in [3.05, 3.63) is 51.9 Å². The Labute approximate surface area is 167 Å². The van der Waals surface area contributed by atoms with Crippen LogP contribution >= 0.6 is 11.3 Å². The van der Waals surface area contributed by atoms with Crippen molar-refractivity contribution < 1.29 is 14.4 Å². The summed E-state index contributed by atoms with van der Waals surface area (Å²) in [6.07, 6.45) is 1.85. The van der Waals surface area contributed by atoms with Crippen LogP contribution in [-0.4, -0.2) is 35.6 Å². The van der Waals surface area contributed by atoms with Crippen LogP contribution in [0.3, 0.4) is 0 Å². The zero-order valence-corrected chi connectivity index (χ0v) is 16.7. The first-order chi connectivity index (χ1) is 13.7. The molecule has 0 spiro atoms. The Hall–Kier alpha value is -2.51. The fourth-order valence-corrected chi connectivity index (χ4v) is 4.88. The lowest BCUT2D eigenvalue weighted by molar-refractivity contribution is -0.921. The number of hydrogen-bond acceptors (Lipinski definition) is 5. The highest BCUT2D eigenvalue weighted by Gasteiger charge is 2.30. The van der Waals surface area contributed by atoms with Crippen LogP contribution in [0.15, 0.2) is 40.5 Å². The maximum Gasteiger partial charge on any atom is 0.314 e. The summed E-state index contributed by atoms with van der Waals surface area (Å²) in [5, 5.41) is 2.65. The van der Waals surface area contributed by atoms with Gasteiger partial charge in [0.25, 0.3) is 5.56 Å². The molecule has 6 nitrogen and oxygen atoms in total. The molecule has 1 unspecified atom stereocenters. The zero-order valence-electron chi connectivity index (χ0n) is 15.9. The molecule has 2 N–H and O–H groups in total. The maximum atomic E-state index is 12.8. The molecule has 1 saturated heterocycles. The van der Waals surface area contributed by atoms with Crippen LogP contribution in [0, 0.1) is 5.92 Å². The van der Waals surface area contributed by atoms with E-state index in [-0.39, 0.29) is 17.4 Å². The molecular formula is C21H24N3O3S+. The number of esters is 1. The number of carbonyl (C=O) groups excluding carboxylic acids is 1. The SMILES string of the molecule is CCOC(=O)[C@H]1CCC[NH+](Cc2nc3scc(-c4ccccc4)c3c(=O)[nH]2)C1. The molecule has 3 heterocycles. The summed E-state index contributed by atoms with van der Waals surface area (Å²) < 4.78 is 5.18. The van der Waals surface area contributed by atoms with E-state index < -0.39 is 0 Å². The molecule has 4 rings (SSSR count). The number of benzene rings is 1. The van der Waals surface area contributed by atoms with Crippen molar-refractivity contribution in [2.45, 2.75) is 26.3 Å². The average Bonchev–Trinajstić information content (AvgIpc) is 3.14. The van der Waals surface area contributed by atoms with E-state index in [1.165, 1.54) is 16.2 Å². The van der Waals surface area contributed by atoms with Gasteiger partial charge >= 0.3 is 5.97 Å². The van der Waals surface area contributed by atoms with Crippen molar-refractivity contribution in [2.24, 2.45) is 5.92 Å². The molecule has 1 aliphatic heterocycles. The van der Waals surface area contributed by atoms with Gasteiger partial charge in [-0.2, -0.15) is 0 Å². The molecule has 2 aromatic heterocycles. The molecule has 0 amide bonds. The van der Waals surface area contributed by atoms with Gasteiger partial charge in [-0.25, -0.2) is 4.98 Å². The van der Waals surface area contributed by atoms with Crippen molar-refractivity contribution in [3.63, 3.8) is 0 Å². The van der Waals surface area contributed by atoms with Gasteiger partial charge in [-0.3, -0.25) is 9.59 Å². The minimum Gasteiger partial charge on any atom is -0.466 e. The van der Waals surface area contributed by atoms with Crippen LogP contribution in [0.1, 0.15) is 25.6 Å². The van der Waals surface area contributed by atoms with Gasteiger partial charge in [-0.05, 0) is 25.3 Å². The third-order valence-corrected chi connectivity index (χ3v) is 6.11. The number of carbonyl (C=O) groups is 1. The molecule has 1 aromatic carbocycles. The second kappa shape index (κ2) is 8.24. The number of rotatable bonds is 5. The van der Waals surface area contributed by atoms with E-state index in [4.69, 9.17) is 9.72 Å². The van der Waals surface area contributed by atoms with Gasteiger partial charge in [0.1, 0.15) is 17.3 Å². The second-order valence-corrected chi connectivity index (χ2v) is 8.04. The smallest absolute Gasteiger partial charge is 0.314 e. The molecule has 1 aliphatic rings. The standard InChI is InChI=1S/C21H23N3O3S/c1-2-27-21(26)15-9-6-10-24(11-15)12-17-22-19(25)18-16(13-28-20(18)23-17)14-7-4-3-5-8-14/h3-5,7-8,13,15H,2,6,9-12H2,1H3,(H,22,23,25)/p+1/t15-/m0/s1. The van der Waals surface area contributed by atoms with Crippen LogP contribution < -0.4 is 10.5 Å². The Kier molecular flexibility index (Phi) is 5.54. The molecule has 0 aliphatic carbocycles. The third kappa shape index (κ3) is 3.86. The molecule has 2 atom stereocenters. The van der Waals surface area contributed by atoms with Crippen LogP contribution in [0.5, 0.6) is 0 Å². The van der Waals surface area contributed by atoms with E-state index in [2.05, 4.69) is 4.98 Å². The average molecular weight is 399 g/mol. The Bertz CT molecular complexity index is 1030. The molecule has 1 fully saturated rings. The predicted octanol–water partition coefficient (Wildman–Crippen LogP) is 2.01. The number of thiophene rings is 1. The monoisotopic (exact) mass is 398 g/mol. The number of aromatic amines is 1. The Morgan fingerprint density at radius 2 is 2.18 bits per heavy atom. The number of aromatic nitrogens is 2. The van der Waals surface area contributed by atoms with E-state index in [0.717, 1.165) is 41.9 Å². The van der Waals surface area contributed by atoms with E-state index >= 15 is 0 Å². The molecule has 0 bridgehead atoms. The zero-order chi connectivity index (χ0) is 19.5. The van der Waals surface area contributed by atoms with Crippen LogP contribution in [0.2, 0.25) is 0 Å². The molecule has 28 heavy (non-hydrogen) atoms. The van der Waals surface area contributed by atoms with Crippen molar-refractivity contribution in [2.75, 3.05) is 19.7 Å². The summed E-state index contributed by atoms with van der Waals surface area (Å²) in [6.45, 7) is 4.55. The van der Waals surface area contributed by atoms with Gasteiger partial charge in [0.05, 0.1) is 25.1 Å². The number of fused-ring (bicyclic) bond motifs is 1. The molecule has 0 saturated carbocycles. The second-order valence-electron chi connectivity index (χ2n) is 7.18. The third-order valence-electron chi connectivity index (χ3n) is 5.23. The highest BCUT2D eigenvalue weighted by molar-refractivity contribution is 7.17. The molecular weight excluding hydrogens is 374 g/mol. The van der Waals surface area contributed by atoms with E-state index in [1.807, 2.05) is 42.6 Å². The van der Waals surface area contributed by atoms with Crippen molar-refractivity contribution in [3.8, 4) is 11.1 Å². The van der Waals surface area contributed by atoms with Gasteiger partial charge in [0, 0.05) is 10.9 Å². The number of ether oxygens (including phenoxy) is 1. The van der Waals surface area contributed by atoms with Crippen molar-refractivity contribution >= 4 is 27.5 Å². The topological polar surface area (TPSA) is 76.5 Å². The Morgan fingerprint density at radius 3 is 2.96 bits per heavy atom. The largest absolute Gasteiger partial charge is 0.466 e. The van der Waals surface area contributed by atoms with Crippen LogP contribution in [-0.2, 0) is 16.1 Å². The molecule has 146 valence electrons. The van der Waals surface area contributed by atoms with Crippen molar-refractivity contribution in [1.82, 2.24) is 9.97 Å². The maximum absolute atomic E-state index is 12.8. The number of nitrogens with one attached hydrogen (secondary N) is 2. The van der Waals surface area contributed by atoms with Gasteiger partial charge in [-0.1, -0.05) is 30.3 Å². The fraction of sp³-hybridized carbons (Fsp3) is 0.381. The van der Waals surface area contributed by atoms with E-state index in [1.54, 1.807) is 0 Å². The Balaban J connectivity index is 1.56. The predicted molar refractivity (Wildman–Crippen MR) is 109 cm³/mol. The number of likely N-dealkylation sites (tertiary alicyclic amines) is 1. The van der Waals surface area contributed by atoms with Crippen molar-refractivity contribution in [1.29, 1.82) is 0 Å². The van der Waals surface area contributed by atoms with Gasteiger partial charge in [-0.15, -0.1) is 11.3 Å². The highest BCUT2D eigenvalue weighted by Crippen LogP contribution is 2.30. The minimum absolute atomic E-state index is 0.0643. The number of piperidine rings is 1. The lowest BCUT2D eigenvalue weighted by Crippen LogP contribution is -3.12. The molecule has 7 heteroatoms. The molecule has 3 aromatic rings. The minimum atomic E-state index is -0.109. The normalized spacial score (nSPS) is 19.6. The van der Waals surface area contributed by atoms with Gasteiger partial charge in [0.2, 0.25) is 0 Å². The quantitative estimate of drug-likeness (QED) is 0.645. The van der Waals surface area contributed by atoms with Gasteiger partial charge < -0.3 is 14.6 Å². The Morgan fingerprint density at radius 1 is 1.36 bits per heavy atom. The van der Waals surface area contributed by atoms with E-state index in [9.17, 15) is 9.59 Å². The first-order valence-corrected chi connectivity index (χ1v) is 10.6. The van der Waals surface area contributed by atoms with E-state index in [0.29, 0.717) is 24.4 Å². The lowest BCUT2D eigenvalue weighted by atomic mass is 9.98. The number of H-pyrrole nitrogens is 1. The molecule has 0 radical (unpaired) electrons. The van der Waals surface area contributed by atoms with Crippen LogP contribution in [0.25, 0.3) is 21.3 Å². The summed E-state index contributed by atoms with van der Waals surface area (Å²) in [5.41, 5.74) is 1.85. The number of quaternary nitrogens is 1. The lowest BCUT2D eigenvalue weighted by Gasteiger charge is -2.28. The first-order valence-electron chi connectivity index (χ1n) is 9.71. The first kappa shape index (κ1) is 18.8. The number of nitrogens with zero attached hydrogens (tertiary/aromatic N) is 1. The van der Waals surface area contributed by atoms with Gasteiger partial charge in [0.15, 0.2) is 5.82 Å². The summed E-state index contributed by atoms with van der Waals surface area (Å²) in [4.78, 5) is 34.5. The summed E-state index contributed by atoms with van der Waals surface area (Å²) in [6, 6.07) is 9.90. The number of hydrogen-bond donors (Lipinski definition) is 2. The van der Waals surface area contributed by atoms with Crippen LogP contribution in [0.4, 0.5) is 0 Å². The summed E-state index contributed by atoms with van der Waals surface area (Å²) >= 11 is 1.50. The fourth-order valence-electron chi connectivity index (χ4n) is 3.92.